The van der Waals surface area contributed by atoms with Crippen LogP contribution in [-0.2, 0) is 0 Å². The van der Waals surface area contributed by atoms with Crippen LogP contribution in [-0.4, -0.2) is 17.1 Å². The zero-order valence-corrected chi connectivity index (χ0v) is 6.02. The largest absolute Gasteiger partial charge is 0.299 e. The summed E-state index contributed by atoms with van der Waals surface area (Å²) in [6, 6.07) is 0. The average Bonchev–Trinajstić information content (AvgIpc) is 1.82. The second-order valence-corrected chi connectivity index (χ2v) is 2.27. The van der Waals surface area contributed by atoms with Gasteiger partial charge in [-0.1, -0.05) is 0 Å². The van der Waals surface area contributed by atoms with Crippen LogP contribution in [0.15, 0.2) is 16.8 Å². The van der Waals surface area contributed by atoms with E-state index >= 15 is 0 Å². The van der Waals surface area contributed by atoms with Crippen molar-refractivity contribution in [1.29, 1.82) is 10.8 Å². The molecule has 1 rings (SSSR count). The summed E-state index contributed by atoms with van der Waals surface area (Å²) in [5, 5.41) is 14.6. The molecule has 10 heavy (non-hydrogen) atoms. The quantitative estimate of drug-likeness (QED) is 0.504. The number of rotatable bonds is 0. The van der Waals surface area contributed by atoms with E-state index < -0.39 is 0 Å². The Hall–Kier alpha value is -1.25. The molecule has 2 N–H and O–H groups in total. The van der Waals surface area contributed by atoms with E-state index in [1.165, 1.54) is 0 Å². The molecule has 0 bridgehead atoms. The lowest BCUT2D eigenvalue weighted by molar-refractivity contribution is 1.29. The van der Waals surface area contributed by atoms with Crippen LogP contribution in [0.25, 0.3) is 0 Å². The van der Waals surface area contributed by atoms with Crippen LogP contribution in [0.5, 0.6) is 0 Å². The van der Waals surface area contributed by atoms with Gasteiger partial charge in [-0.05, 0) is 19.9 Å². The summed E-state index contributed by atoms with van der Waals surface area (Å²) in [5.74, 6) is 0. The summed E-state index contributed by atoms with van der Waals surface area (Å²) in [5.41, 5.74) is 1.92. The molecule has 0 fully saturated rings. The molecule has 0 saturated heterocycles. The van der Waals surface area contributed by atoms with Crippen LogP contribution in [0, 0.1) is 10.8 Å². The van der Waals surface area contributed by atoms with Crippen molar-refractivity contribution in [3.05, 3.63) is 11.8 Å². The third kappa shape index (κ3) is 1.03. The molecule has 3 heteroatoms. The lowest BCUT2D eigenvalue weighted by Gasteiger charge is -2.07. The number of nitrogens with zero attached hydrogens (tertiary/aromatic N) is 1. The average molecular weight is 135 g/mol. The van der Waals surface area contributed by atoms with Crippen LogP contribution in [0.4, 0.5) is 0 Å². The number of allylic oxidation sites excluding steroid dienone is 2. The summed E-state index contributed by atoms with van der Waals surface area (Å²) < 4.78 is 0. The summed E-state index contributed by atoms with van der Waals surface area (Å²) in [6.45, 7) is 3.57. The monoisotopic (exact) mass is 135 g/mol. The Bertz CT molecular complexity index is 255. The fourth-order valence-corrected chi connectivity index (χ4v) is 0.829. The molecule has 0 radical (unpaired) electrons. The van der Waals surface area contributed by atoms with Crippen LogP contribution in [0.3, 0.4) is 0 Å². The summed E-state index contributed by atoms with van der Waals surface area (Å²) in [7, 11) is 0. The van der Waals surface area contributed by atoms with Crippen molar-refractivity contribution in [2.24, 2.45) is 4.99 Å². The normalized spacial score (nSPS) is 18.6. The Morgan fingerprint density at radius 1 is 1.30 bits per heavy atom. The molecular weight excluding hydrogens is 126 g/mol. The van der Waals surface area contributed by atoms with Gasteiger partial charge in [0, 0.05) is 5.70 Å². The molecule has 0 atom stereocenters. The van der Waals surface area contributed by atoms with Crippen molar-refractivity contribution < 1.29 is 0 Å². The van der Waals surface area contributed by atoms with Gasteiger partial charge < -0.3 is 0 Å². The van der Waals surface area contributed by atoms with Crippen molar-refractivity contribution in [3.8, 4) is 0 Å². The molecule has 1 aliphatic heterocycles. The van der Waals surface area contributed by atoms with E-state index in [0.717, 1.165) is 5.70 Å². The van der Waals surface area contributed by atoms with Crippen molar-refractivity contribution >= 4 is 17.1 Å². The molecule has 0 amide bonds. The predicted molar refractivity (Wildman–Crippen MR) is 42.3 cm³/mol. The van der Waals surface area contributed by atoms with Gasteiger partial charge in [0.15, 0.2) is 0 Å². The zero-order chi connectivity index (χ0) is 7.72. The highest BCUT2D eigenvalue weighted by Gasteiger charge is 2.10. The zero-order valence-electron chi connectivity index (χ0n) is 6.02. The minimum Gasteiger partial charge on any atom is -0.299 e. The van der Waals surface area contributed by atoms with Crippen molar-refractivity contribution in [2.75, 3.05) is 0 Å². The Labute approximate surface area is 59.5 Å². The standard InChI is InChI=1S/C7H9N3/c1-4-3-6(8)7(9)5(2)10-4/h3,8-9H,1-2H3. The highest BCUT2D eigenvalue weighted by Crippen LogP contribution is 2.04. The third-order valence-corrected chi connectivity index (χ3v) is 1.33. The van der Waals surface area contributed by atoms with E-state index in [1.54, 1.807) is 13.0 Å². The molecule has 0 spiro atoms. The van der Waals surface area contributed by atoms with Crippen LogP contribution >= 0.6 is 0 Å². The second kappa shape index (κ2) is 2.17. The molecule has 0 unspecified atom stereocenters. The first-order chi connectivity index (χ1) is 4.61. The first-order valence-electron chi connectivity index (χ1n) is 3.02. The number of hydrogen-bond acceptors (Lipinski definition) is 3. The van der Waals surface area contributed by atoms with Gasteiger partial charge in [-0.3, -0.25) is 15.8 Å². The van der Waals surface area contributed by atoms with Gasteiger partial charge in [0.05, 0.1) is 11.4 Å². The smallest absolute Gasteiger partial charge is 0.100 e. The van der Waals surface area contributed by atoms with Gasteiger partial charge in [-0.15, -0.1) is 0 Å². The Morgan fingerprint density at radius 3 is 2.40 bits per heavy atom. The SMILES string of the molecule is CC1=CC(=N)C(=N)C(C)=N1. The minimum atomic E-state index is 0.227. The van der Waals surface area contributed by atoms with Crippen LogP contribution in [0.1, 0.15) is 13.8 Å². The molecule has 0 aromatic rings. The summed E-state index contributed by atoms with van der Waals surface area (Å²) in [6.07, 6.45) is 1.59. The van der Waals surface area contributed by atoms with Crippen LogP contribution in [0.2, 0.25) is 0 Å². The topological polar surface area (TPSA) is 60.1 Å². The van der Waals surface area contributed by atoms with Gasteiger partial charge >= 0.3 is 0 Å². The molecule has 3 nitrogen and oxygen atoms in total. The third-order valence-electron chi connectivity index (χ3n) is 1.33. The van der Waals surface area contributed by atoms with Gasteiger partial charge in [-0.2, -0.15) is 0 Å². The second-order valence-electron chi connectivity index (χ2n) is 2.27. The first-order valence-corrected chi connectivity index (χ1v) is 3.02. The molecular formula is C7H9N3. The Balaban J connectivity index is 3.07. The van der Waals surface area contributed by atoms with Crippen LogP contribution < -0.4 is 0 Å². The van der Waals surface area contributed by atoms with E-state index in [2.05, 4.69) is 4.99 Å². The van der Waals surface area contributed by atoms with Gasteiger partial charge in [0.25, 0.3) is 0 Å². The lowest BCUT2D eigenvalue weighted by atomic mass is 10.1. The maximum absolute atomic E-state index is 7.29. The molecule has 0 aromatic heterocycles. The Morgan fingerprint density at radius 2 is 1.90 bits per heavy atom. The Kier molecular flexibility index (Phi) is 1.49. The summed E-state index contributed by atoms with van der Waals surface area (Å²) >= 11 is 0. The van der Waals surface area contributed by atoms with E-state index in [0.29, 0.717) is 5.71 Å². The maximum Gasteiger partial charge on any atom is 0.100 e. The van der Waals surface area contributed by atoms with E-state index in [9.17, 15) is 0 Å². The highest BCUT2D eigenvalue weighted by atomic mass is 14.8. The van der Waals surface area contributed by atoms with Crippen molar-refractivity contribution in [2.45, 2.75) is 13.8 Å². The highest BCUT2D eigenvalue weighted by molar-refractivity contribution is 6.69. The van der Waals surface area contributed by atoms with Gasteiger partial charge in [0.2, 0.25) is 0 Å². The van der Waals surface area contributed by atoms with Gasteiger partial charge in [0.1, 0.15) is 5.71 Å². The maximum atomic E-state index is 7.29. The van der Waals surface area contributed by atoms with E-state index in [4.69, 9.17) is 10.8 Å². The van der Waals surface area contributed by atoms with Crippen molar-refractivity contribution in [3.63, 3.8) is 0 Å². The molecule has 0 aliphatic carbocycles. The number of aliphatic imine (C=N–C) groups is 1. The van der Waals surface area contributed by atoms with Gasteiger partial charge in [-0.25, -0.2) is 0 Å². The number of hydrogen-bond donors (Lipinski definition) is 2. The van der Waals surface area contributed by atoms with E-state index in [-0.39, 0.29) is 11.4 Å². The molecule has 0 saturated carbocycles. The summed E-state index contributed by atoms with van der Waals surface area (Å²) in [4.78, 5) is 4.03. The fraction of sp³-hybridized carbons (Fsp3) is 0.286. The molecule has 52 valence electrons. The van der Waals surface area contributed by atoms with Crippen molar-refractivity contribution in [1.82, 2.24) is 0 Å². The molecule has 0 aromatic carbocycles. The molecule has 1 heterocycles. The molecule has 1 aliphatic rings. The van der Waals surface area contributed by atoms with E-state index in [1.807, 2.05) is 6.92 Å². The minimum absolute atomic E-state index is 0.227. The predicted octanol–water partition coefficient (Wildman–Crippen LogP) is 1.40. The fourth-order valence-electron chi connectivity index (χ4n) is 0.829. The lowest BCUT2D eigenvalue weighted by Crippen LogP contribution is -2.21. The number of nitrogens with one attached hydrogen (secondary N) is 2. The first kappa shape index (κ1) is 6.86.